The quantitative estimate of drug-likeness (QED) is 0.428. The Bertz CT molecular complexity index is 340. The lowest BCUT2D eigenvalue weighted by Gasteiger charge is -2.02. The van der Waals surface area contributed by atoms with E-state index in [1.165, 1.54) is 0 Å². The molecular weight excluding hydrogens is 186 g/mol. The molecule has 0 aliphatic carbocycles. The maximum absolute atomic E-state index is 6.64. The van der Waals surface area contributed by atoms with E-state index in [0.717, 1.165) is 16.3 Å². The number of nitrogens with one attached hydrogen (secondary N) is 3. The highest BCUT2D eigenvalue weighted by molar-refractivity contribution is 8.00. The monoisotopic (exact) mass is 195 g/mol. The highest BCUT2D eigenvalue weighted by atomic mass is 32.2. The first-order valence-electron chi connectivity index (χ1n) is 3.75. The second-order valence-corrected chi connectivity index (χ2v) is 3.80. The maximum atomic E-state index is 6.64. The van der Waals surface area contributed by atoms with Gasteiger partial charge in [-0.2, -0.15) is 5.53 Å². The number of nitrogens with zero attached hydrogens (tertiary/aromatic N) is 1. The van der Waals surface area contributed by atoms with Crippen LogP contribution in [0, 0.1) is 5.53 Å². The van der Waals surface area contributed by atoms with Gasteiger partial charge in [-0.3, -0.25) is 5.43 Å². The number of anilines is 2. The lowest BCUT2D eigenvalue weighted by molar-refractivity contribution is 1.05. The predicted molar refractivity (Wildman–Crippen MR) is 52.7 cm³/mol. The molecule has 68 valence electrons. The Morgan fingerprint density at radius 2 is 2.46 bits per heavy atom. The van der Waals surface area contributed by atoms with Crippen molar-refractivity contribution in [2.24, 2.45) is 11.0 Å². The van der Waals surface area contributed by atoms with Crippen molar-refractivity contribution in [2.45, 2.75) is 10.4 Å². The third-order valence-corrected chi connectivity index (χ3v) is 2.70. The molecular formula is C7H9N5S. The zero-order valence-corrected chi connectivity index (χ0v) is 7.56. The van der Waals surface area contributed by atoms with Crippen LogP contribution in [0.25, 0.3) is 0 Å². The number of fused-ring (bicyclic) bond motifs is 1. The Morgan fingerprint density at radius 3 is 3.23 bits per heavy atom. The van der Waals surface area contributed by atoms with Crippen molar-refractivity contribution in [1.82, 2.24) is 0 Å². The number of benzene rings is 1. The largest absolute Gasteiger partial charge is 0.360 e. The molecule has 0 saturated heterocycles. The van der Waals surface area contributed by atoms with Crippen LogP contribution in [0.15, 0.2) is 28.3 Å². The van der Waals surface area contributed by atoms with E-state index in [9.17, 15) is 0 Å². The van der Waals surface area contributed by atoms with Crippen LogP contribution in [0.5, 0.6) is 0 Å². The van der Waals surface area contributed by atoms with E-state index in [0.29, 0.717) is 0 Å². The summed E-state index contributed by atoms with van der Waals surface area (Å²) in [6, 6.07) is 5.70. The molecule has 2 rings (SSSR count). The summed E-state index contributed by atoms with van der Waals surface area (Å²) in [6.07, 6.45) is 0. The normalized spacial score (nSPS) is 19.0. The smallest absolute Gasteiger partial charge is 0.127 e. The summed E-state index contributed by atoms with van der Waals surface area (Å²) >= 11 is 1.58. The van der Waals surface area contributed by atoms with Gasteiger partial charge in [-0.25, -0.2) is 0 Å². The molecule has 1 atom stereocenters. The lowest BCUT2D eigenvalue weighted by atomic mass is 10.3. The van der Waals surface area contributed by atoms with Gasteiger partial charge >= 0.3 is 0 Å². The van der Waals surface area contributed by atoms with Crippen LogP contribution in [0.4, 0.5) is 11.4 Å². The van der Waals surface area contributed by atoms with Crippen LogP contribution in [0.2, 0.25) is 0 Å². The zero-order valence-electron chi connectivity index (χ0n) is 6.74. The Kier molecular flexibility index (Phi) is 2.07. The first kappa shape index (κ1) is 8.33. The number of rotatable bonds is 2. The second-order valence-electron chi connectivity index (χ2n) is 2.62. The van der Waals surface area contributed by atoms with E-state index in [2.05, 4.69) is 16.0 Å². The summed E-state index contributed by atoms with van der Waals surface area (Å²) in [5, 5.41) is 6.18. The summed E-state index contributed by atoms with van der Waals surface area (Å²) in [5.74, 6) is 0. The molecule has 0 amide bonds. The van der Waals surface area contributed by atoms with Gasteiger partial charge in [0.2, 0.25) is 0 Å². The van der Waals surface area contributed by atoms with Crippen LogP contribution < -0.4 is 16.5 Å². The van der Waals surface area contributed by atoms with Gasteiger partial charge in [0.05, 0.1) is 11.4 Å². The van der Waals surface area contributed by atoms with Gasteiger partial charge in [-0.05, 0) is 18.2 Å². The SMILES string of the molecule is N=NNc1ccc2c(c1)NC(N)S2. The molecule has 1 unspecified atom stereocenters. The Balaban J connectivity index is 2.29. The number of hydrogen-bond donors (Lipinski definition) is 4. The molecule has 0 fully saturated rings. The van der Waals surface area contributed by atoms with E-state index >= 15 is 0 Å². The van der Waals surface area contributed by atoms with E-state index in [4.69, 9.17) is 11.3 Å². The fourth-order valence-corrected chi connectivity index (χ4v) is 2.05. The third kappa shape index (κ3) is 1.58. The molecule has 0 radical (unpaired) electrons. The van der Waals surface area contributed by atoms with Crippen LogP contribution in [-0.2, 0) is 0 Å². The molecule has 1 heterocycles. The molecule has 0 saturated carbocycles. The summed E-state index contributed by atoms with van der Waals surface area (Å²) in [4.78, 5) is 1.13. The zero-order chi connectivity index (χ0) is 9.26. The summed E-state index contributed by atoms with van der Waals surface area (Å²) in [6.45, 7) is 0. The molecule has 1 aliphatic rings. The minimum absolute atomic E-state index is 0.0711. The summed E-state index contributed by atoms with van der Waals surface area (Å²) < 4.78 is 0. The van der Waals surface area contributed by atoms with Crippen LogP contribution in [0.3, 0.4) is 0 Å². The van der Waals surface area contributed by atoms with Crippen molar-refractivity contribution < 1.29 is 0 Å². The number of hydrogen-bond acceptors (Lipinski definition) is 5. The molecule has 0 spiro atoms. The van der Waals surface area contributed by atoms with Crippen molar-refractivity contribution in [3.63, 3.8) is 0 Å². The Morgan fingerprint density at radius 1 is 1.62 bits per heavy atom. The van der Waals surface area contributed by atoms with Gasteiger partial charge in [0.1, 0.15) is 5.50 Å². The van der Waals surface area contributed by atoms with Crippen molar-refractivity contribution in [3.05, 3.63) is 18.2 Å². The van der Waals surface area contributed by atoms with Crippen LogP contribution in [0.1, 0.15) is 0 Å². The third-order valence-electron chi connectivity index (χ3n) is 1.72. The minimum Gasteiger partial charge on any atom is -0.360 e. The average Bonchev–Trinajstić information content (AvgIpc) is 2.44. The van der Waals surface area contributed by atoms with Gasteiger partial charge in [0.15, 0.2) is 0 Å². The maximum Gasteiger partial charge on any atom is 0.127 e. The second kappa shape index (κ2) is 3.23. The number of nitrogens with two attached hydrogens (primary N) is 1. The van der Waals surface area contributed by atoms with Crippen LogP contribution >= 0.6 is 11.8 Å². The first-order valence-corrected chi connectivity index (χ1v) is 4.63. The van der Waals surface area contributed by atoms with Gasteiger partial charge in [-0.15, -0.1) is 0 Å². The standard InChI is InChI=1S/C7H9N5S/c8-7-10-5-3-4(11-12-9)1-2-6(5)13-7/h1-3,7,10H,8H2,(H2,9,11). The topological polar surface area (TPSA) is 86.3 Å². The fraction of sp³-hybridized carbons (Fsp3) is 0.143. The summed E-state index contributed by atoms with van der Waals surface area (Å²) in [5.41, 5.74) is 16.6. The highest BCUT2D eigenvalue weighted by Crippen LogP contribution is 2.37. The molecule has 1 aromatic rings. The van der Waals surface area contributed by atoms with Crippen LogP contribution in [-0.4, -0.2) is 5.50 Å². The number of thioether (sulfide) groups is 1. The Hall–Kier alpha value is -1.27. The Labute approximate surface area is 79.6 Å². The van der Waals surface area contributed by atoms with Crippen molar-refractivity contribution >= 4 is 23.1 Å². The van der Waals surface area contributed by atoms with Gasteiger partial charge in [-0.1, -0.05) is 17.0 Å². The summed E-state index contributed by atoms with van der Waals surface area (Å²) in [7, 11) is 0. The van der Waals surface area contributed by atoms with Gasteiger partial charge in [0, 0.05) is 4.90 Å². The molecule has 5 N–H and O–H groups in total. The molecule has 13 heavy (non-hydrogen) atoms. The molecule has 0 aromatic heterocycles. The predicted octanol–water partition coefficient (Wildman–Crippen LogP) is 1.80. The minimum atomic E-state index is -0.0711. The van der Waals surface area contributed by atoms with Crippen molar-refractivity contribution in [2.75, 3.05) is 10.7 Å². The van der Waals surface area contributed by atoms with E-state index in [1.54, 1.807) is 11.8 Å². The molecule has 1 aliphatic heterocycles. The lowest BCUT2D eigenvalue weighted by Crippen LogP contribution is -2.20. The average molecular weight is 195 g/mol. The van der Waals surface area contributed by atoms with Gasteiger partial charge < -0.3 is 11.1 Å². The van der Waals surface area contributed by atoms with Crippen molar-refractivity contribution in [3.8, 4) is 0 Å². The fourth-order valence-electron chi connectivity index (χ4n) is 1.20. The highest BCUT2D eigenvalue weighted by Gasteiger charge is 2.17. The van der Waals surface area contributed by atoms with Crippen molar-refractivity contribution in [1.29, 1.82) is 5.53 Å². The van der Waals surface area contributed by atoms with Gasteiger partial charge in [0.25, 0.3) is 0 Å². The van der Waals surface area contributed by atoms with E-state index in [-0.39, 0.29) is 5.50 Å². The molecule has 0 bridgehead atoms. The first-order chi connectivity index (χ1) is 6.29. The molecule has 6 heteroatoms. The molecule has 5 nitrogen and oxygen atoms in total. The molecule has 1 aromatic carbocycles. The van der Waals surface area contributed by atoms with E-state index < -0.39 is 0 Å². The van der Waals surface area contributed by atoms with E-state index in [1.807, 2.05) is 18.2 Å².